The Hall–Kier alpha value is -0.570. The molecule has 1 aliphatic heterocycles. The lowest BCUT2D eigenvalue weighted by Gasteiger charge is -2.37. The Labute approximate surface area is 72.9 Å². The van der Waals surface area contributed by atoms with Crippen LogP contribution in [0.1, 0.15) is 19.8 Å². The molecule has 0 radical (unpaired) electrons. The summed E-state index contributed by atoms with van der Waals surface area (Å²) in [5.41, 5.74) is 5.49. The topological polar surface area (TPSA) is 46.3 Å². The van der Waals surface area contributed by atoms with Gasteiger partial charge in [-0.05, 0) is 24.7 Å². The van der Waals surface area contributed by atoms with E-state index in [9.17, 15) is 4.79 Å². The summed E-state index contributed by atoms with van der Waals surface area (Å²) in [6.45, 7) is 3.93. The number of carbonyl (C=O) groups excluding carboxylic acids is 1. The molecule has 68 valence electrons. The van der Waals surface area contributed by atoms with Gasteiger partial charge in [-0.25, -0.2) is 0 Å². The van der Waals surface area contributed by atoms with Crippen LogP contribution >= 0.6 is 0 Å². The fourth-order valence-corrected chi connectivity index (χ4v) is 1.85. The Bertz CT molecular complexity index is 201. The summed E-state index contributed by atoms with van der Waals surface area (Å²) in [6, 6.07) is -0.198. The number of amides is 1. The smallest absolute Gasteiger partial charge is 0.241 e. The minimum Gasteiger partial charge on any atom is -0.339 e. The molecule has 3 heteroatoms. The largest absolute Gasteiger partial charge is 0.339 e. The van der Waals surface area contributed by atoms with Crippen molar-refractivity contribution in [3.05, 3.63) is 0 Å². The summed E-state index contributed by atoms with van der Waals surface area (Å²) >= 11 is 0. The lowest BCUT2D eigenvalue weighted by Crippen LogP contribution is -2.61. The van der Waals surface area contributed by atoms with Crippen LogP contribution in [0.25, 0.3) is 0 Å². The molecule has 2 atom stereocenters. The van der Waals surface area contributed by atoms with Crippen molar-refractivity contribution < 1.29 is 4.79 Å². The first-order valence-corrected chi connectivity index (χ1v) is 4.73. The molecule has 2 unspecified atom stereocenters. The van der Waals surface area contributed by atoms with Gasteiger partial charge in [-0.15, -0.1) is 0 Å². The standard InChI is InChI=1S/C9H16N2O/c1-6(7-2-3-7)4-11-5-8(10)9(11)12/h6-8H,2-5,10H2,1H3. The first-order chi connectivity index (χ1) is 5.68. The predicted octanol–water partition coefficient (Wildman–Crippen LogP) is 0.202. The van der Waals surface area contributed by atoms with Crippen molar-refractivity contribution in [2.45, 2.75) is 25.8 Å². The van der Waals surface area contributed by atoms with Crippen LogP contribution in [-0.2, 0) is 4.79 Å². The minimum absolute atomic E-state index is 0.141. The maximum atomic E-state index is 11.1. The molecule has 12 heavy (non-hydrogen) atoms. The zero-order chi connectivity index (χ0) is 8.72. The van der Waals surface area contributed by atoms with Gasteiger partial charge in [0.1, 0.15) is 6.04 Å². The molecular formula is C9H16N2O. The van der Waals surface area contributed by atoms with E-state index >= 15 is 0 Å². The van der Waals surface area contributed by atoms with Gasteiger partial charge < -0.3 is 10.6 Å². The van der Waals surface area contributed by atoms with E-state index in [0.717, 1.165) is 19.0 Å². The Balaban J connectivity index is 1.76. The predicted molar refractivity (Wildman–Crippen MR) is 46.4 cm³/mol. The SMILES string of the molecule is CC(CN1CC(N)C1=O)C1CC1. The fourth-order valence-electron chi connectivity index (χ4n) is 1.85. The molecule has 2 N–H and O–H groups in total. The number of rotatable bonds is 3. The van der Waals surface area contributed by atoms with Gasteiger partial charge in [0.2, 0.25) is 5.91 Å². The molecule has 1 saturated carbocycles. The third-order valence-electron chi connectivity index (χ3n) is 2.98. The van der Waals surface area contributed by atoms with E-state index in [2.05, 4.69) is 6.92 Å². The molecule has 1 aliphatic carbocycles. The average Bonchev–Trinajstić information content (AvgIpc) is 2.85. The summed E-state index contributed by atoms with van der Waals surface area (Å²) in [5.74, 6) is 1.71. The highest BCUT2D eigenvalue weighted by molar-refractivity contribution is 5.87. The van der Waals surface area contributed by atoms with Gasteiger partial charge in [0.25, 0.3) is 0 Å². The lowest BCUT2D eigenvalue weighted by molar-refractivity contribution is -0.143. The molecule has 2 fully saturated rings. The van der Waals surface area contributed by atoms with Crippen LogP contribution in [-0.4, -0.2) is 29.9 Å². The second kappa shape index (κ2) is 2.73. The summed E-state index contributed by atoms with van der Waals surface area (Å²) in [5, 5.41) is 0. The maximum Gasteiger partial charge on any atom is 0.241 e. The van der Waals surface area contributed by atoms with Crippen molar-refractivity contribution >= 4 is 5.91 Å². The monoisotopic (exact) mass is 168 g/mol. The summed E-state index contributed by atoms with van der Waals surface area (Å²) in [7, 11) is 0. The summed E-state index contributed by atoms with van der Waals surface area (Å²) < 4.78 is 0. The molecule has 1 saturated heterocycles. The number of nitrogens with two attached hydrogens (primary N) is 1. The van der Waals surface area contributed by atoms with Crippen LogP contribution in [0.15, 0.2) is 0 Å². The van der Waals surface area contributed by atoms with Crippen molar-refractivity contribution in [2.75, 3.05) is 13.1 Å². The van der Waals surface area contributed by atoms with E-state index in [-0.39, 0.29) is 11.9 Å². The molecular weight excluding hydrogens is 152 g/mol. The normalized spacial score (nSPS) is 31.7. The Morgan fingerprint density at radius 3 is 2.75 bits per heavy atom. The zero-order valence-corrected chi connectivity index (χ0v) is 7.49. The molecule has 1 heterocycles. The highest BCUT2D eigenvalue weighted by Crippen LogP contribution is 2.37. The number of β-lactam (4-membered cyclic amide) rings is 1. The van der Waals surface area contributed by atoms with Crippen molar-refractivity contribution in [3.63, 3.8) is 0 Å². The van der Waals surface area contributed by atoms with Crippen molar-refractivity contribution in [1.82, 2.24) is 4.90 Å². The molecule has 3 nitrogen and oxygen atoms in total. The van der Waals surface area contributed by atoms with Crippen molar-refractivity contribution in [2.24, 2.45) is 17.6 Å². The van der Waals surface area contributed by atoms with Gasteiger partial charge in [-0.1, -0.05) is 6.92 Å². The van der Waals surface area contributed by atoms with E-state index in [1.807, 2.05) is 4.90 Å². The van der Waals surface area contributed by atoms with E-state index in [4.69, 9.17) is 5.73 Å². The number of hydrogen-bond acceptors (Lipinski definition) is 2. The van der Waals surface area contributed by atoms with Crippen LogP contribution in [0, 0.1) is 11.8 Å². The Morgan fingerprint density at radius 1 is 1.67 bits per heavy atom. The molecule has 0 aromatic rings. The van der Waals surface area contributed by atoms with E-state index in [1.165, 1.54) is 12.8 Å². The van der Waals surface area contributed by atoms with Gasteiger partial charge >= 0.3 is 0 Å². The van der Waals surface area contributed by atoms with Crippen LogP contribution in [0.3, 0.4) is 0 Å². The molecule has 0 spiro atoms. The van der Waals surface area contributed by atoms with Crippen LogP contribution in [0.4, 0.5) is 0 Å². The number of nitrogens with zero attached hydrogens (tertiary/aromatic N) is 1. The zero-order valence-electron chi connectivity index (χ0n) is 7.49. The van der Waals surface area contributed by atoms with Crippen molar-refractivity contribution in [1.29, 1.82) is 0 Å². The Kier molecular flexibility index (Phi) is 1.83. The molecule has 2 aliphatic rings. The minimum atomic E-state index is -0.198. The van der Waals surface area contributed by atoms with Gasteiger partial charge in [0.15, 0.2) is 0 Å². The van der Waals surface area contributed by atoms with E-state index < -0.39 is 0 Å². The van der Waals surface area contributed by atoms with E-state index in [1.54, 1.807) is 0 Å². The second-order valence-corrected chi connectivity index (χ2v) is 4.16. The third-order valence-corrected chi connectivity index (χ3v) is 2.98. The Morgan fingerprint density at radius 2 is 2.33 bits per heavy atom. The molecule has 0 aromatic heterocycles. The quantitative estimate of drug-likeness (QED) is 0.612. The summed E-state index contributed by atoms with van der Waals surface area (Å²) in [6.07, 6.45) is 2.71. The number of hydrogen-bond donors (Lipinski definition) is 1. The third kappa shape index (κ3) is 1.33. The lowest BCUT2D eigenvalue weighted by atomic mass is 10.0. The highest BCUT2D eigenvalue weighted by Gasteiger charge is 2.37. The molecule has 2 rings (SSSR count). The van der Waals surface area contributed by atoms with Gasteiger partial charge in [-0.3, -0.25) is 4.79 Å². The maximum absolute atomic E-state index is 11.1. The highest BCUT2D eigenvalue weighted by atomic mass is 16.2. The number of carbonyl (C=O) groups is 1. The summed E-state index contributed by atoms with van der Waals surface area (Å²) in [4.78, 5) is 13.0. The van der Waals surface area contributed by atoms with Crippen molar-refractivity contribution in [3.8, 4) is 0 Å². The van der Waals surface area contributed by atoms with Gasteiger partial charge in [0, 0.05) is 13.1 Å². The van der Waals surface area contributed by atoms with E-state index in [0.29, 0.717) is 5.92 Å². The molecule has 0 bridgehead atoms. The first-order valence-electron chi connectivity index (χ1n) is 4.73. The number of likely N-dealkylation sites (tertiary alicyclic amines) is 1. The van der Waals surface area contributed by atoms with Crippen LogP contribution in [0.2, 0.25) is 0 Å². The van der Waals surface area contributed by atoms with Gasteiger partial charge in [-0.2, -0.15) is 0 Å². The second-order valence-electron chi connectivity index (χ2n) is 4.16. The first kappa shape index (κ1) is 8.05. The fraction of sp³-hybridized carbons (Fsp3) is 0.889. The van der Waals surface area contributed by atoms with Crippen LogP contribution in [0.5, 0.6) is 0 Å². The molecule has 0 aromatic carbocycles. The molecule has 1 amide bonds. The van der Waals surface area contributed by atoms with Gasteiger partial charge in [0.05, 0.1) is 0 Å². The average molecular weight is 168 g/mol. The van der Waals surface area contributed by atoms with Crippen LogP contribution < -0.4 is 5.73 Å².